The lowest BCUT2D eigenvalue weighted by Gasteiger charge is -2.47. The Balaban J connectivity index is 1.79. The molecular weight excluding hydrogens is 450 g/mol. The molecule has 2 heterocycles. The lowest BCUT2D eigenvalue weighted by Crippen LogP contribution is -2.54. The summed E-state index contributed by atoms with van der Waals surface area (Å²) in [5.74, 6) is -1.11. The lowest BCUT2D eigenvalue weighted by molar-refractivity contribution is -0.122. The molecule has 0 aromatic heterocycles. The van der Waals surface area contributed by atoms with Crippen LogP contribution in [-0.2, 0) is 9.59 Å². The van der Waals surface area contributed by atoms with E-state index < -0.39 is 17.8 Å². The average Bonchev–Trinajstić information content (AvgIpc) is 2.75. The molecule has 1 fully saturated rings. The lowest BCUT2D eigenvalue weighted by atomic mass is 9.79. The van der Waals surface area contributed by atoms with Crippen molar-refractivity contribution in [2.45, 2.75) is 58.9 Å². The topological polar surface area (TPSA) is 69.7 Å². The zero-order chi connectivity index (χ0) is 24.8. The van der Waals surface area contributed by atoms with Crippen molar-refractivity contribution in [3.05, 3.63) is 63.7 Å². The van der Waals surface area contributed by atoms with Gasteiger partial charge in [0.1, 0.15) is 5.57 Å². The fourth-order valence-corrected chi connectivity index (χ4v) is 5.34. The Kier molecular flexibility index (Phi) is 6.30. The number of para-hydroxylation sites is 1. The van der Waals surface area contributed by atoms with Crippen LogP contribution in [0.1, 0.15) is 63.1 Å². The molecule has 34 heavy (non-hydrogen) atoms. The van der Waals surface area contributed by atoms with Crippen LogP contribution >= 0.6 is 11.6 Å². The van der Waals surface area contributed by atoms with Gasteiger partial charge in [-0.05, 0) is 80.5 Å². The van der Waals surface area contributed by atoms with Gasteiger partial charge in [-0.15, -0.1) is 0 Å². The second-order valence-electron chi connectivity index (χ2n) is 9.75. The molecule has 2 aromatic carbocycles. The van der Waals surface area contributed by atoms with Gasteiger partial charge in [0.2, 0.25) is 0 Å². The number of nitrogens with zero attached hydrogens (tertiary/aromatic N) is 2. The molecule has 0 saturated carbocycles. The van der Waals surface area contributed by atoms with E-state index in [1.54, 1.807) is 25.1 Å². The second-order valence-corrected chi connectivity index (χ2v) is 10.2. The Hall–Kier alpha value is -3.12. The summed E-state index contributed by atoms with van der Waals surface area (Å²) in [6, 6.07) is 10.2. The van der Waals surface area contributed by atoms with E-state index in [1.807, 2.05) is 18.2 Å². The number of barbiturate groups is 1. The number of aryl methyl sites for hydroxylation is 1. The number of benzene rings is 2. The van der Waals surface area contributed by atoms with Crippen molar-refractivity contribution in [2.75, 3.05) is 16.3 Å². The third kappa shape index (κ3) is 4.11. The van der Waals surface area contributed by atoms with E-state index in [0.717, 1.165) is 41.1 Å². The summed E-state index contributed by atoms with van der Waals surface area (Å²) in [5, 5.41) is 2.74. The van der Waals surface area contributed by atoms with Gasteiger partial charge in [-0.25, -0.2) is 9.69 Å². The number of hydrogen-bond donors (Lipinski definition) is 1. The van der Waals surface area contributed by atoms with Gasteiger partial charge in [-0.3, -0.25) is 14.9 Å². The predicted octanol–water partition coefficient (Wildman–Crippen LogP) is 5.82. The molecule has 7 heteroatoms. The number of urea groups is 1. The van der Waals surface area contributed by atoms with Gasteiger partial charge in [0, 0.05) is 22.8 Å². The van der Waals surface area contributed by atoms with E-state index >= 15 is 0 Å². The summed E-state index contributed by atoms with van der Waals surface area (Å²) >= 11 is 6.69. The van der Waals surface area contributed by atoms with Crippen LogP contribution in [0.5, 0.6) is 0 Å². The Morgan fingerprint density at radius 2 is 1.85 bits per heavy atom. The minimum Gasteiger partial charge on any atom is -0.366 e. The van der Waals surface area contributed by atoms with Gasteiger partial charge in [0.05, 0.1) is 5.69 Å². The first kappa shape index (κ1) is 24.0. The van der Waals surface area contributed by atoms with E-state index in [2.05, 4.69) is 37.9 Å². The van der Waals surface area contributed by atoms with Gasteiger partial charge < -0.3 is 4.90 Å². The molecule has 4 amide bonds. The van der Waals surface area contributed by atoms with Crippen molar-refractivity contribution < 1.29 is 14.4 Å². The number of nitrogens with one attached hydrogen (secondary N) is 1. The maximum atomic E-state index is 13.3. The van der Waals surface area contributed by atoms with Gasteiger partial charge in [0.25, 0.3) is 11.8 Å². The molecule has 2 aliphatic heterocycles. The van der Waals surface area contributed by atoms with E-state index in [4.69, 9.17) is 11.6 Å². The Labute approximate surface area is 205 Å². The molecule has 0 bridgehead atoms. The summed E-state index contributed by atoms with van der Waals surface area (Å²) in [7, 11) is 0. The molecular formula is C27H30ClN3O3. The quantitative estimate of drug-likeness (QED) is 0.443. The first-order valence-electron chi connectivity index (χ1n) is 11.6. The average molecular weight is 480 g/mol. The van der Waals surface area contributed by atoms with Crippen LogP contribution in [0.3, 0.4) is 0 Å². The number of fused-ring (bicyclic) bond motifs is 1. The third-order valence-corrected chi connectivity index (χ3v) is 7.04. The highest BCUT2D eigenvalue weighted by atomic mass is 35.5. The summed E-state index contributed by atoms with van der Waals surface area (Å²) in [4.78, 5) is 41.9. The highest BCUT2D eigenvalue weighted by Crippen LogP contribution is 2.45. The second kappa shape index (κ2) is 8.91. The fourth-order valence-electron chi connectivity index (χ4n) is 5.12. The molecule has 2 aromatic rings. The van der Waals surface area contributed by atoms with E-state index in [0.29, 0.717) is 16.3 Å². The normalized spacial score (nSPS) is 21.1. The number of carbonyl (C=O) groups is 3. The number of imide groups is 2. The molecule has 0 radical (unpaired) electrons. The Morgan fingerprint density at radius 1 is 1.15 bits per heavy atom. The largest absolute Gasteiger partial charge is 0.366 e. The molecule has 1 saturated heterocycles. The van der Waals surface area contributed by atoms with Gasteiger partial charge in [-0.2, -0.15) is 0 Å². The van der Waals surface area contributed by atoms with Crippen molar-refractivity contribution >= 4 is 46.9 Å². The van der Waals surface area contributed by atoms with Crippen molar-refractivity contribution in [1.82, 2.24) is 5.32 Å². The minimum absolute atomic E-state index is 0.000630. The Morgan fingerprint density at radius 3 is 2.53 bits per heavy atom. The van der Waals surface area contributed by atoms with Crippen LogP contribution in [0.4, 0.5) is 16.2 Å². The van der Waals surface area contributed by atoms with E-state index in [1.165, 1.54) is 6.08 Å². The molecule has 1 N–H and O–H groups in total. The summed E-state index contributed by atoms with van der Waals surface area (Å²) in [6.45, 7) is 11.6. The van der Waals surface area contributed by atoms with Crippen LogP contribution in [0, 0.1) is 6.92 Å². The van der Waals surface area contributed by atoms with Gasteiger partial charge >= 0.3 is 6.03 Å². The SMILES string of the molecule is CCCN1c2cc(Cl)c(/C=C3/C(=O)NC(=O)N(c4ccccc4C)C3=O)cc2C(C)CC1(C)C. The highest BCUT2D eigenvalue weighted by Gasteiger charge is 2.39. The van der Waals surface area contributed by atoms with Crippen LogP contribution < -0.4 is 15.1 Å². The number of halogens is 1. The molecule has 178 valence electrons. The number of carbonyl (C=O) groups excluding carboxylic acids is 3. The van der Waals surface area contributed by atoms with Crippen LogP contribution in [0.15, 0.2) is 42.0 Å². The summed E-state index contributed by atoms with van der Waals surface area (Å²) in [6.07, 6.45) is 3.49. The predicted molar refractivity (Wildman–Crippen MR) is 136 cm³/mol. The standard InChI is InChI=1S/C27H30ClN3O3/c1-6-11-30-23-14-21(28)18(12-19(23)17(3)15-27(30,4)5)13-20-24(32)29-26(34)31(25(20)33)22-10-8-7-9-16(22)2/h7-10,12-14,17H,6,11,15H2,1-5H3,(H,29,32,34)/b20-13-. The van der Waals surface area contributed by atoms with E-state index in [9.17, 15) is 14.4 Å². The van der Waals surface area contributed by atoms with Crippen molar-refractivity contribution in [1.29, 1.82) is 0 Å². The van der Waals surface area contributed by atoms with Crippen molar-refractivity contribution in [3.8, 4) is 0 Å². The maximum absolute atomic E-state index is 13.3. The molecule has 6 nitrogen and oxygen atoms in total. The van der Waals surface area contributed by atoms with Crippen LogP contribution in [0.2, 0.25) is 5.02 Å². The number of amides is 4. The first-order chi connectivity index (χ1) is 16.0. The van der Waals surface area contributed by atoms with Crippen molar-refractivity contribution in [3.63, 3.8) is 0 Å². The summed E-state index contributed by atoms with van der Waals surface area (Å²) < 4.78 is 0. The third-order valence-electron chi connectivity index (χ3n) is 6.71. The van der Waals surface area contributed by atoms with Crippen LogP contribution in [0.25, 0.3) is 6.08 Å². The molecule has 1 atom stereocenters. The zero-order valence-corrected chi connectivity index (χ0v) is 21.0. The maximum Gasteiger partial charge on any atom is 0.335 e. The minimum atomic E-state index is -0.760. The highest BCUT2D eigenvalue weighted by molar-refractivity contribution is 6.40. The molecule has 0 aliphatic carbocycles. The molecule has 2 aliphatic rings. The van der Waals surface area contributed by atoms with Crippen molar-refractivity contribution in [2.24, 2.45) is 0 Å². The molecule has 0 spiro atoms. The molecule has 4 rings (SSSR count). The smallest absolute Gasteiger partial charge is 0.335 e. The number of rotatable bonds is 4. The number of anilines is 2. The zero-order valence-electron chi connectivity index (χ0n) is 20.2. The fraction of sp³-hybridized carbons (Fsp3) is 0.370. The van der Waals surface area contributed by atoms with Gasteiger partial charge in [0.15, 0.2) is 0 Å². The molecule has 1 unspecified atom stereocenters. The Bertz CT molecular complexity index is 1220. The van der Waals surface area contributed by atoms with Gasteiger partial charge in [-0.1, -0.05) is 43.6 Å². The summed E-state index contributed by atoms with van der Waals surface area (Å²) in [5.41, 5.74) is 3.87. The van der Waals surface area contributed by atoms with E-state index in [-0.39, 0.29) is 17.0 Å². The number of hydrogen-bond acceptors (Lipinski definition) is 4. The van der Waals surface area contributed by atoms with Crippen LogP contribution in [-0.4, -0.2) is 29.9 Å². The first-order valence-corrected chi connectivity index (χ1v) is 12.0. The monoisotopic (exact) mass is 479 g/mol.